The minimum Gasteiger partial charge on any atom is -0.325 e. The van der Waals surface area contributed by atoms with Gasteiger partial charge in [-0.15, -0.1) is 0 Å². The number of nitrogens with zero attached hydrogens (tertiary/aromatic N) is 3. The highest BCUT2D eigenvalue weighted by Gasteiger charge is 2.36. The zero-order valence-corrected chi connectivity index (χ0v) is 12.2. The molecular weight excluding hydrogens is 238 g/mol. The minimum atomic E-state index is 0.308. The van der Waals surface area contributed by atoms with Crippen molar-refractivity contribution in [1.82, 2.24) is 14.7 Å². The van der Waals surface area contributed by atoms with Crippen LogP contribution in [-0.4, -0.2) is 66.0 Å². The second-order valence-electron chi connectivity index (χ2n) is 6.47. The third kappa shape index (κ3) is 2.73. The number of urea groups is 1. The van der Waals surface area contributed by atoms with Crippen LogP contribution in [0.3, 0.4) is 0 Å². The first-order chi connectivity index (χ1) is 9.25. The molecule has 2 amide bonds. The van der Waals surface area contributed by atoms with Crippen molar-refractivity contribution in [1.29, 1.82) is 0 Å². The number of likely N-dealkylation sites (N-methyl/N-ethyl adjacent to an activating group) is 1. The first kappa shape index (κ1) is 13.2. The van der Waals surface area contributed by atoms with Crippen LogP contribution >= 0.6 is 0 Å². The zero-order valence-electron chi connectivity index (χ0n) is 12.2. The lowest BCUT2D eigenvalue weighted by Gasteiger charge is -2.31. The molecule has 3 aliphatic heterocycles. The van der Waals surface area contributed by atoms with E-state index in [9.17, 15) is 4.79 Å². The normalized spacial score (nSPS) is 33.1. The predicted molar refractivity (Wildman–Crippen MR) is 76.2 cm³/mol. The molecule has 0 aromatic rings. The fourth-order valence-electron chi connectivity index (χ4n) is 3.94. The van der Waals surface area contributed by atoms with Gasteiger partial charge in [-0.2, -0.15) is 0 Å². The molecule has 108 valence electrons. The number of fused-ring (bicyclic) bond motifs is 2. The molecule has 0 aromatic carbocycles. The Hall–Kier alpha value is -0.770. The van der Waals surface area contributed by atoms with Crippen LogP contribution in [-0.2, 0) is 0 Å². The SMILES string of the molecule is CN1C2CCC1CN(C(=O)N1CCCCCC1)CC2. The molecule has 0 aliphatic carbocycles. The second kappa shape index (κ2) is 5.70. The van der Waals surface area contributed by atoms with E-state index in [-0.39, 0.29) is 0 Å². The van der Waals surface area contributed by atoms with Gasteiger partial charge in [0.05, 0.1) is 0 Å². The Balaban J connectivity index is 1.63. The van der Waals surface area contributed by atoms with Crippen molar-refractivity contribution in [2.45, 2.75) is 57.0 Å². The summed E-state index contributed by atoms with van der Waals surface area (Å²) >= 11 is 0. The Bertz CT molecular complexity index is 325. The second-order valence-corrected chi connectivity index (χ2v) is 6.47. The van der Waals surface area contributed by atoms with Gasteiger partial charge in [-0.1, -0.05) is 12.8 Å². The summed E-state index contributed by atoms with van der Waals surface area (Å²) in [4.78, 5) is 19.4. The van der Waals surface area contributed by atoms with Gasteiger partial charge in [0.25, 0.3) is 0 Å². The Morgan fingerprint density at radius 2 is 1.53 bits per heavy atom. The molecule has 0 saturated carbocycles. The van der Waals surface area contributed by atoms with E-state index in [4.69, 9.17) is 0 Å². The lowest BCUT2D eigenvalue weighted by Crippen LogP contribution is -2.47. The molecule has 2 unspecified atom stereocenters. The average Bonchev–Trinajstić information content (AvgIpc) is 2.62. The molecule has 3 fully saturated rings. The minimum absolute atomic E-state index is 0.308. The van der Waals surface area contributed by atoms with Crippen molar-refractivity contribution in [2.75, 3.05) is 33.2 Å². The molecule has 19 heavy (non-hydrogen) atoms. The molecule has 4 heteroatoms. The number of carbonyl (C=O) groups excluding carboxylic acids is 1. The van der Waals surface area contributed by atoms with Gasteiger partial charge in [-0.3, -0.25) is 4.90 Å². The van der Waals surface area contributed by atoms with Crippen molar-refractivity contribution in [3.8, 4) is 0 Å². The monoisotopic (exact) mass is 265 g/mol. The van der Waals surface area contributed by atoms with E-state index < -0.39 is 0 Å². The smallest absolute Gasteiger partial charge is 0.320 e. The van der Waals surface area contributed by atoms with E-state index in [0.29, 0.717) is 18.1 Å². The number of carbonyl (C=O) groups is 1. The Morgan fingerprint density at radius 1 is 0.842 bits per heavy atom. The Kier molecular flexibility index (Phi) is 3.96. The molecule has 3 aliphatic rings. The summed E-state index contributed by atoms with van der Waals surface area (Å²) in [5.41, 5.74) is 0. The van der Waals surface area contributed by atoms with Crippen molar-refractivity contribution < 1.29 is 4.79 Å². The fraction of sp³-hybridized carbons (Fsp3) is 0.933. The molecule has 3 saturated heterocycles. The maximum absolute atomic E-state index is 12.7. The van der Waals surface area contributed by atoms with Gasteiger partial charge in [0, 0.05) is 38.3 Å². The number of likely N-dealkylation sites (tertiary alicyclic amines) is 2. The van der Waals surface area contributed by atoms with E-state index in [1.54, 1.807) is 0 Å². The lowest BCUT2D eigenvalue weighted by atomic mass is 10.1. The summed E-state index contributed by atoms with van der Waals surface area (Å²) in [5, 5.41) is 0. The van der Waals surface area contributed by atoms with Gasteiger partial charge < -0.3 is 9.80 Å². The van der Waals surface area contributed by atoms with E-state index in [2.05, 4.69) is 21.7 Å². The maximum Gasteiger partial charge on any atom is 0.320 e. The van der Waals surface area contributed by atoms with E-state index in [1.165, 1.54) is 38.5 Å². The summed E-state index contributed by atoms with van der Waals surface area (Å²) in [7, 11) is 2.24. The van der Waals surface area contributed by atoms with E-state index in [0.717, 1.165) is 32.6 Å². The highest BCUT2D eigenvalue weighted by atomic mass is 16.2. The number of amides is 2. The highest BCUT2D eigenvalue weighted by Crippen LogP contribution is 2.29. The molecule has 0 radical (unpaired) electrons. The Labute approximate surface area is 116 Å². The van der Waals surface area contributed by atoms with Crippen LogP contribution in [0.4, 0.5) is 4.79 Å². The molecule has 4 nitrogen and oxygen atoms in total. The lowest BCUT2D eigenvalue weighted by molar-refractivity contribution is 0.148. The third-order valence-electron chi connectivity index (χ3n) is 5.30. The van der Waals surface area contributed by atoms with Crippen LogP contribution in [0.15, 0.2) is 0 Å². The van der Waals surface area contributed by atoms with Crippen molar-refractivity contribution in [3.63, 3.8) is 0 Å². The van der Waals surface area contributed by atoms with Gasteiger partial charge >= 0.3 is 6.03 Å². The first-order valence-corrected chi connectivity index (χ1v) is 8.01. The molecule has 2 atom stereocenters. The average molecular weight is 265 g/mol. The van der Waals surface area contributed by atoms with E-state index >= 15 is 0 Å². The molecule has 0 N–H and O–H groups in total. The number of hydrogen-bond acceptors (Lipinski definition) is 2. The number of rotatable bonds is 0. The van der Waals surface area contributed by atoms with Gasteiger partial charge in [-0.25, -0.2) is 4.79 Å². The molecule has 2 bridgehead atoms. The van der Waals surface area contributed by atoms with Crippen LogP contribution in [0.1, 0.15) is 44.9 Å². The summed E-state index contributed by atoms with van der Waals surface area (Å²) in [5.74, 6) is 0. The molecule has 0 spiro atoms. The predicted octanol–water partition coefficient (Wildman–Crippen LogP) is 2.15. The summed E-state index contributed by atoms with van der Waals surface area (Å²) in [6, 6.07) is 1.62. The largest absolute Gasteiger partial charge is 0.325 e. The zero-order chi connectivity index (χ0) is 13.2. The summed E-state index contributed by atoms with van der Waals surface area (Å²) < 4.78 is 0. The van der Waals surface area contributed by atoms with E-state index in [1.807, 2.05) is 0 Å². The molecule has 3 heterocycles. The molecule has 3 rings (SSSR count). The van der Waals surface area contributed by atoms with Crippen molar-refractivity contribution in [3.05, 3.63) is 0 Å². The van der Waals surface area contributed by atoms with Gasteiger partial charge in [-0.05, 0) is 39.2 Å². The van der Waals surface area contributed by atoms with Gasteiger partial charge in [0.1, 0.15) is 0 Å². The van der Waals surface area contributed by atoms with Crippen LogP contribution < -0.4 is 0 Å². The quantitative estimate of drug-likeness (QED) is 0.671. The Morgan fingerprint density at radius 3 is 2.26 bits per heavy atom. The summed E-state index contributed by atoms with van der Waals surface area (Å²) in [6.45, 7) is 3.85. The third-order valence-corrected chi connectivity index (χ3v) is 5.30. The van der Waals surface area contributed by atoms with Crippen LogP contribution in [0.2, 0.25) is 0 Å². The molecule has 0 aromatic heterocycles. The molecular formula is C15H27N3O. The van der Waals surface area contributed by atoms with Crippen molar-refractivity contribution >= 4 is 6.03 Å². The standard InChI is InChI=1S/C15H27N3O/c1-16-13-6-7-14(16)12-18(11-8-13)15(19)17-9-4-2-3-5-10-17/h13-14H,2-12H2,1H3. The summed E-state index contributed by atoms with van der Waals surface area (Å²) in [6.07, 6.45) is 8.70. The highest BCUT2D eigenvalue weighted by molar-refractivity contribution is 5.74. The first-order valence-electron chi connectivity index (χ1n) is 8.01. The van der Waals surface area contributed by atoms with Crippen LogP contribution in [0.25, 0.3) is 0 Å². The van der Waals surface area contributed by atoms with Crippen molar-refractivity contribution in [2.24, 2.45) is 0 Å². The van der Waals surface area contributed by atoms with Crippen LogP contribution in [0, 0.1) is 0 Å². The van der Waals surface area contributed by atoms with Gasteiger partial charge in [0.15, 0.2) is 0 Å². The number of hydrogen-bond donors (Lipinski definition) is 0. The van der Waals surface area contributed by atoms with Crippen LogP contribution in [0.5, 0.6) is 0 Å². The van der Waals surface area contributed by atoms with Gasteiger partial charge in [0.2, 0.25) is 0 Å². The topological polar surface area (TPSA) is 26.8 Å². The maximum atomic E-state index is 12.7. The fourth-order valence-corrected chi connectivity index (χ4v) is 3.94.